The number of rotatable bonds is 4. The highest BCUT2D eigenvalue weighted by Crippen LogP contribution is 2.22. The molecule has 1 amide bonds. The molecule has 0 heterocycles. The largest absolute Gasteiger partial charge is 0.452 e. The molecule has 3 rings (SSSR count). The Balaban J connectivity index is 1.64. The summed E-state index contributed by atoms with van der Waals surface area (Å²) in [4.78, 5) is 24.4. The van der Waals surface area contributed by atoms with Crippen molar-refractivity contribution < 1.29 is 14.3 Å². The van der Waals surface area contributed by atoms with E-state index in [-0.39, 0.29) is 12.5 Å². The van der Waals surface area contributed by atoms with Crippen LogP contribution in [0.4, 0.5) is 5.69 Å². The number of carbonyl (C=O) groups is 2. The molecule has 26 heavy (non-hydrogen) atoms. The van der Waals surface area contributed by atoms with Crippen LogP contribution in [0.3, 0.4) is 0 Å². The van der Waals surface area contributed by atoms with Crippen LogP contribution in [0, 0.1) is 20.8 Å². The first-order valence-electron chi connectivity index (χ1n) is 8.47. The highest BCUT2D eigenvalue weighted by molar-refractivity contribution is 5.98. The Morgan fingerprint density at radius 3 is 2.23 bits per heavy atom. The van der Waals surface area contributed by atoms with Crippen molar-refractivity contribution >= 4 is 28.3 Å². The molecule has 0 saturated carbocycles. The zero-order chi connectivity index (χ0) is 18.7. The van der Waals surface area contributed by atoms with Gasteiger partial charge < -0.3 is 10.1 Å². The van der Waals surface area contributed by atoms with Crippen LogP contribution in [-0.4, -0.2) is 18.5 Å². The fraction of sp³-hybridized carbons (Fsp3) is 0.182. The molecule has 4 heteroatoms. The maximum Gasteiger partial charge on any atom is 0.338 e. The molecule has 0 fully saturated rings. The topological polar surface area (TPSA) is 55.4 Å². The van der Waals surface area contributed by atoms with Crippen LogP contribution in [0.15, 0.2) is 54.6 Å². The minimum atomic E-state index is -0.511. The Morgan fingerprint density at radius 2 is 1.54 bits per heavy atom. The van der Waals surface area contributed by atoms with Crippen LogP contribution in [0.2, 0.25) is 0 Å². The number of esters is 1. The number of carbonyl (C=O) groups excluding carboxylic acids is 2. The molecule has 0 atom stereocenters. The number of hydrogen-bond acceptors (Lipinski definition) is 3. The standard InChI is InChI=1S/C22H21NO3/c1-14-10-15(2)21(16(3)11-14)23-20(24)13-26-22(25)19-9-8-17-6-4-5-7-18(17)12-19/h4-12H,13H2,1-3H3,(H,23,24). The Hall–Kier alpha value is -3.14. The molecule has 0 aliphatic carbocycles. The van der Waals surface area contributed by atoms with E-state index in [1.807, 2.05) is 63.2 Å². The molecule has 0 aliphatic heterocycles. The van der Waals surface area contributed by atoms with Gasteiger partial charge in [0.05, 0.1) is 5.56 Å². The van der Waals surface area contributed by atoms with Crippen molar-refractivity contribution in [3.05, 3.63) is 76.9 Å². The molecule has 0 radical (unpaired) electrons. The van der Waals surface area contributed by atoms with E-state index in [1.165, 1.54) is 0 Å². The first-order valence-corrected chi connectivity index (χ1v) is 8.47. The summed E-state index contributed by atoms with van der Waals surface area (Å²) in [5.41, 5.74) is 4.30. The van der Waals surface area contributed by atoms with Crippen LogP contribution < -0.4 is 5.32 Å². The number of fused-ring (bicyclic) bond motifs is 1. The lowest BCUT2D eigenvalue weighted by Gasteiger charge is -2.13. The summed E-state index contributed by atoms with van der Waals surface area (Å²) in [6, 6.07) is 17.1. The van der Waals surface area contributed by atoms with Gasteiger partial charge in [0.1, 0.15) is 0 Å². The van der Waals surface area contributed by atoms with Gasteiger partial charge in [0.2, 0.25) is 0 Å². The normalized spacial score (nSPS) is 10.6. The maximum atomic E-state index is 12.2. The monoisotopic (exact) mass is 347 g/mol. The lowest BCUT2D eigenvalue weighted by Crippen LogP contribution is -2.22. The van der Waals surface area contributed by atoms with Crippen molar-refractivity contribution in [2.75, 3.05) is 11.9 Å². The number of amides is 1. The summed E-state index contributed by atoms with van der Waals surface area (Å²) in [7, 11) is 0. The number of aryl methyl sites for hydroxylation is 3. The van der Waals surface area contributed by atoms with Gasteiger partial charge >= 0.3 is 5.97 Å². The average Bonchev–Trinajstić information content (AvgIpc) is 2.62. The summed E-state index contributed by atoms with van der Waals surface area (Å²) < 4.78 is 5.16. The van der Waals surface area contributed by atoms with E-state index in [0.717, 1.165) is 33.2 Å². The number of hydrogen-bond donors (Lipinski definition) is 1. The van der Waals surface area contributed by atoms with Crippen molar-refractivity contribution in [2.24, 2.45) is 0 Å². The molecule has 3 aromatic carbocycles. The van der Waals surface area contributed by atoms with E-state index in [2.05, 4.69) is 5.32 Å². The van der Waals surface area contributed by atoms with Gasteiger partial charge in [-0.3, -0.25) is 4.79 Å². The smallest absolute Gasteiger partial charge is 0.338 e. The summed E-state index contributed by atoms with van der Waals surface area (Å²) in [5.74, 6) is -0.863. The quantitative estimate of drug-likeness (QED) is 0.704. The highest BCUT2D eigenvalue weighted by Gasteiger charge is 2.13. The predicted molar refractivity (Wildman–Crippen MR) is 104 cm³/mol. The zero-order valence-electron chi connectivity index (χ0n) is 15.1. The van der Waals surface area contributed by atoms with Gasteiger partial charge in [-0.25, -0.2) is 4.79 Å². The SMILES string of the molecule is Cc1cc(C)c(NC(=O)COC(=O)c2ccc3ccccc3c2)c(C)c1. The van der Waals surface area contributed by atoms with Gasteiger partial charge in [0, 0.05) is 5.69 Å². The van der Waals surface area contributed by atoms with E-state index >= 15 is 0 Å². The first-order chi connectivity index (χ1) is 12.4. The van der Waals surface area contributed by atoms with Crippen LogP contribution in [0.25, 0.3) is 10.8 Å². The Morgan fingerprint density at radius 1 is 0.885 bits per heavy atom. The first kappa shape index (κ1) is 17.7. The molecule has 0 aromatic heterocycles. The third-order valence-electron chi connectivity index (χ3n) is 4.26. The fourth-order valence-corrected chi connectivity index (χ4v) is 3.08. The minimum Gasteiger partial charge on any atom is -0.452 e. The lowest BCUT2D eigenvalue weighted by atomic mass is 10.1. The Bertz CT molecular complexity index is 969. The Labute approximate surface area is 152 Å². The van der Waals surface area contributed by atoms with Crippen molar-refractivity contribution in [1.29, 1.82) is 0 Å². The minimum absolute atomic E-state index is 0.321. The molecule has 0 unspecified atom stereocenters. The molecular formula is C22H21NO3. The number of benzene rings is 3. The van der Waals surface area contributed by atoms with E-state index in [0.29, 0.717) is 5.56 Å². The van der Waals surface area contributed by atoms with Gasteiger partial charge in [-0.05, 0) is 54.8 Å². The molecular weight excluding hydrogens is 326 g/mol. The molecule has 132 valence electrons. The summed E-state index contributed by atoms with van der Waals surface area (Å²) >= 11 is 0. The van der Waals surface area contributed by atoms with Gasteiger partial charge in [-0.15, -0.1) is 0 Å². The van der Waals surface area contributed by atoms with E-state index in [1.54, 1.807) is 12.1 Å². The summed E-state index contributed by atoms with van der Waals surface area (Å²) in [5, 5.41) is 4.83. The Kier molecular flexibility index (Phi) is 5.03. The third-order valence-corrected chi connectivity index (χ3v) is 4.26. The van der Waals surface area contributed by atoms with Crippen LogP contribution in [0.1, 0.15) is 27.0 Å². The maximum absolute atomic E-state index is 12.2. The second-order valence-electron chi connectivity index (χ2n) is 6.46. The third kappa shape index (κ3) is 3.91. The molecule has 1 N–H and O–H groups in total. The van der Waals surface area contributed by atoms with Crippen LogP contribution in [0.5, 0.6) is 0 Å². The van der Waals surface area contributed by atoms with Crippen molar-refractivity contribution in [3.63, 3.8) is 0 Å². The second-order valence-corrected chi connectivity index (χ2v) is 6.46. The fourth-order valence-electron chi connectivity index (χ4n) is 3.08. The zero-order valence-corrected chi connectivity index (χ0v) is 15.1. The van der Waals surface area contributed by atoms with Gasteiger partial charge in [-0.1, -0.05) is 48.0 Å². The van der Waals surface area contributed by atoms with Gasteiger partial charge in [0.15, 0.2) is 6.61 Å². The van der Waals surface area contributed by atoms with Crippen molar-refractivity contribution in [2.45, 2.75) is 20.8 Å². The average molecular weight is 347 g/mol. The summed E-state index contributed by atoms with van der Waals surface area (Å²) in [6.07, 6.45) is 0. The van der Waals surface area contributed by atoms with Crippen LogP contribution in [-0.2, 0) is 9.53 Å². The van der Waals surface area contributed by atoms with E-state index in [9.17, 15) is 9.59 Å². The predicted octanol–water partition coefficient (Wildman–Crippen LogP) is 4.56. The second kappa shape index (κ2) is 7.40. The van der Waals surface area contributed by atoms with Gasteiger partial charge in [0.25, 0.3) is 5.91 Å². The number of anilines is 1. The molecule has 0 aliphatic rings. The number of nitrogens with one attached hydrogen (secondary N) is 1. The van der Waals surface area contributed by atoms with Crippen LogP contribution >= 0.6 is 0 Å². The molecule has 0 bridgehead atoms. The lowest BCUT2D eigenvalue weighted by molar-refractivity contribution is -0.119. The van der Waals surface area contributed by atoms with Crippen molar-refractivity contribution in [3.8, 4) is 0 Å². The molecule has 3 aromatic rings. The molecule has 4 nitrogen and oxygen atoms in total. The van der Waals surface area contributed by atoms with E-state index < -0.39 is 5.97 Å². The number of ether oxygens (including phenoxy) is 1. The highest BCUT2D eigenvalue weighted by atomic mass is 16.5. The van der Waals surface area contributed by atoms with E-state index in [4.69, 9.17) is 4.74 Å². The summed E-state index contributed by atoms with van der Waals surface area (Å²) in [6.45, 7) is 5.57. The van der Waals surface area contributed by atoms with Crippen molar-refractivity contribution in [1.82, 2.24) is 0 Å². The molecule has 0 saturated heterocycles. The van der Waals surface area contributed by atoms with Gasteiger partial charge in [-0.2, -0.15) is 0 Å². The molecule has 0 spiro atoms.